The van der Waals surface area contributed by atoms with Crippen LogP contribution < -0.4 is 53.0 Å². The Morgan fingerprint density at radius 2 is 0.721 bits per heavy atom. The second kappa shape index (κ2) is 46.5. The number of carbonyl (C=O) groups is 5. The number of aldehydes is 3. The predicted molar refractivity (Wildman–Crippen MR) is 488 cm³/mol. The Labute approximate surface area is 752 Å². The molecule has 122 heavy (non-hydrogen) atoms. The Hall–Kier alpha value is -10.8. The summed E-state index contributed by atoms with van der Waals surface area (Å²) in [6, 6.07) is 33.6. The van der Waals surface area contributed by atoms with Gasteiger partial charge in [0.1, 0.15) is 78.4 Å². The minimum absolute atomic E-state index is 0. The number of phenols is 1. The summed E-state index contributed by atoms with van der Waals surface area (Å²) >= 11 is 34.2. The highest BCUT2D eigenvalue weighted by atomic mass is 79.9. The zero-order valence-electron chi connectivity index (χ0n) is 68.6. The number of aromatic nitrogens is 6. The first-order valence-electron chi connectivity index (χ1n) is 35.8. The number of halogens is 7. The third-order valence-electron chi connectivity index (χ3n) is 18.4. The predicted octanol–water partition coefficient (Wildman–Crippen LogP) is 19.5. The Balaban J connectivity index is 0.000000301. The van der Waals surface area contributed by atoms with E-state index in [0.717, 1.165) is 12.6 Å². The molecule has 0 unspecified atom stereocenters. The normalized spacial score (nSPS) is 14.4. The average molecular weight is 1890 g/mol. The number of rotatable bonds is 16. The third kappa shape index (κ3) is 28.7. The van der Waals surface area contributed by atoms with E-state index >= 15 is 0 Å². The topological polar surface area (TPSA) is 386 Å². The van der Waals surface area contributed by atoms with E-state index in [1.165, 1.54) is 36.4 Å². The molecule has 10 N–H and O–H groups in total. The van der Waals surface area contributed by atoms with Gasteiger partial charge in [-0.15, -0.1) is 0 Å². The highest BCUT2D eigenvalue weighted by Crippen LogP contribution is 2.44. The molecule has 6 aromatic heterocycles. The quantitative estimate of drug-likeness (QED) is 0.0193. The highest BCUT2D eigenvalue weighted by molar-refractivity contribution is 9.10. The maximum Gasteiger partial charge on any atom is 0.495 e. The first-order chi connectivity index (χ1) is 56.8. The van der Waals surface area contributed by atoms with Crippen molar-refractivity contribution < 1.29 is 66.5 Å². The lowest BCUT2D eigenvalue weighted by atomic mass is 9.49. The zero-order chi connectivity index (χ0) is 90.7. The van der Waals surface area contributed by atoms with Crippen molar-refractivity contribution in [2.45, 2.75) is 124 Å². The number of anilines is 5. The van der Waals surface area contributed by atoms with Crippen LogP contribution in [0.25, 0.3) is 19.4 Å². The van der Waals surface area contributed by atoms with Crippen molar-refractivity contribution >= 4 is 199 Å². The second-order valence-electron chi connectivity index (χ2n) is 28.0. The van der Waals surface area contributed by atoms with Crippen molar-refractivity contribution in [1.29, 1.82) is 0 Å². The van der Waals surface area contributed by atoms with Crippen LogP contribution in [0.2, 0.25) is 25.8 Å². The van der Waals surface area contributed by atoms with Crippen LogP contribution in [0.5, 0.6) is 29.0 Å². The van der Waals surface area contributed by atoms with Gasteiger partial charge in [-0.3, -0.25) is 24.0 Å². The zero-order valence-corrected chi connectivity index (χ0v) is 75.6. The summed E-state index contributed by atoms with van der Waals surface area (Å²) in [7, 11) is 6.83. The van der Waals surface area contributed by atoms with E-state index < -0.39 is 44.2 Å². The Kier molecular flexibility index (Phi) is 39.5. The number of phenolic OH excluding ortho intramolecular Hbond substituents is 1. The number of hydrogen-bond donors (Lipinski definition) is 8. The molecule has 3 aromatic carbocycles. The van der Waals surface area contributed by atoms with Crippen LogP contribution in [0.3, 0.4) is 0 Å². The SMILES string of the molecule is C.CC1(C)OB(B2OC(C)(C)C(C)(C)O2)OC1(C)C.CNc1nc(Cl)ccc1C(N)=O.NC(=O)c1ccc(Cl)nc1Cl.O=Cc1cc(O)ccc1Br.[C-]#[N+]c1ccc(Cl)nc1NC.[C-]#[N+]c1ccc(Cl)nc1NC.[C-]#[N+]c1ccc(Oc2ccc(B3OC(C)(C)C(C)(C)O3)c(C=O)c2)nc1NC.[C-]#[N+]c1ccc(Oc2ccc(Br)c(C=O)c2)nc1NC. The van der Waals surface area contributed by atoms with Gasteiger partial charge < -0.3 is 80.6 Å². The van der Waals surface area contributed by atoms with Gasteiger partial charge in [-0.05, 0) is 210 Å². The van der Waals surface area contributed by atoms with Crippen molar-refractivity contribution in [2.75, 3.05) is 61.8 Å². The number of nitrogens with two attached hydrogens (primary N) is 2. The molecule has 3 saturated heterocycles. The summed E-state index contributed by atoms with van der Waals surface area (Å²) in [5.41, 5.74) is 11.9. The molecule has 0 bridgehead atoms. The van der Waals surface area contributed by atoms with Crippen molar-refractivity contribution in [3.8, 4) is 29.0 Å². The van der Waals surface area contributed by atoms with E-state index in [0.29, 0.717) is 134 Å². The van der Waals surface area contributed by atoms with E-state index in [9.17, 15) is 24.0 Å². The summed E-state index contributed by atoms with van der Waals surface area (Å²) in [5.74, 6) is 2.90. The summed E-state index contributed by atoms with van der Waals surface area (Å²) in [6.07, 6.45) is 2.18. The van der Waals surface area contributed by atoms with E-state index in [4.69, 9.17) is 138 Å². The molecule has 0 atom stereocenters. The summed E-state index contributed by atoms with van der Waals surface area (Å²) < 4.78 is 48.7. The standard InChI is InChI=1S/C20H22BN3O4.C14H10BrN3O2.C12H24B2O4.C7H5BrO2.C7H8ClN3O.2C7H6ClN3.C6H4Cl2N2O.CH4/c1-19(2)20(3,4)28-21(27-19)15-8-7-14(11-13(15)12-25)26-17-10-9-16(22-5)18(23-6)24-17;1-16-12-5-6-13(18-14(12)17-2)20-10-3-4-11(15)9(7-10)8-19;1-9(2)10(3,4)16-13(15-9)14-17-11(5,6)12(7,8)18-14;8-7-2-1-6(10)3-5(7)4-9;1-10-7-4(6(9)12)2-3-5(8)11-7;2*1-9-5-3-4-6(8)11-7(5)10-2;7-4-2-1-3(6(9)11)5(8)10-4;/h7-12H,1-4,6H3,(H,23,24);3-8H,2H3,(H,17,18);1-8H3;1-4,10H;2-3H,1H3,(H2,9,12)(H,10,11);2*3-4H,2H3,(H,10,11);1-2H,(H2,9,11);1H4. The maximum absolute atomic E-state index is 11.7. The number of aromatic hydroxyl groups is 1. The molecule has 0 saturated carbocycles. The molecule has 41 heteroatoms. The molecule has 0 aliphatic carbocycles. The highest BCUT2D eigenvalue weighted by Gasteiger charge is 2.64. The number of hydrogen-bond acceptors (Lipinski definition) is 25. The van der Waals surface area contributed by atoms with Gasteiger partial charge in [0.2, 0.25) is 34.5 Å². The Morgan fingerprint density at radius 1 is 0.418 bits per heavy atom. The fourth-order valence-electron chi connectivity index (χ4n) is 9.80. The third-order valence-corrected chi connectivity index (χ3v) is 20.9. The molecule has 3 aliphatic heterocycles. The number of amides is 2. The number of nitrogens with one attached hydrogen (secondary N) is 5. The van der Waals surface area contributed by atoms with E-state index in [1.807, 2.05) is 83.1 Å². The molecule has 3 aliphatic rings. The number of carbonyl (C=O) groups excluding carboxylic acids is 5. The van der Waals surface area contributed by atoms with Crippen LogP contribution >= 0.6 is 89.9 Å². The molecule has 12 rings (SSSR count). The number of primary amides is 2. The van der Waals surface area contributed by atoms with Gasteiger partial charge in [0.25, 0.3) is 11.8 Å². The second-order valence-corrected chi connectivity index (χ2v) is 31.7. The first-order valence-corrected chi connectivity index (χ1v) is 39.3. The lowest BCUT2D eigenvalue weighted by Crippen LogP contribution is -2.41. The van der Waals surface area contributed by atoms with Crippen molar-refractivity contribution in [3.05, 3.63) is 236 Å². The molecule has 640 valence electrons. The van der Waals surface area contributed by atoms with Gasteiger partial charge in [0.15, 0.2) is 12.6 Å². The lowest BCUT2D eigenvalue weighted by molar-refractivity contribution is 0.00578. The molecule has 9 aromatic rings. The van der Waals surface area contributed by atoms with Crippen LogP contribution in [0, 0.1) is 26.3 Å². The minimum Gasteiger partial charge on any atom is -0.508 e. The van der Waals surface area contributed by atoms with Gasteiger partial charge in [0.05, 0.1) is 71.0 Å². The number of pyridine rings is 6. The molecule has 9 heterocycles. The van der Waals surface area contributed by atoms with Crippen LogP contribution in [-0.2, 0) is 27.9 Å². The van der Waals surface area contributed by atoms with Crippen LogP contribution in [-0.4, -0.2) is 156 Å². The molecule has 0 radical (unpaired) electrons. The number of ether oxygens (including phenoxy) is 2. The molecular weight excluding hydrogens is 1800 g/mol. The van der Waals surface area contributed by atoms with Gasteiger partial charge in [-0.2, -0.15) is 0 Å². The fourth-order valence-corrected chi connectivity index (χ4v) is 11.4. The smallest absolute Gasteiger partial charge is 0.495 e. The summed E-state index contributed by atoms with van der Waals surface area (Å²) in [6.45, 7) is 51.7. The van der Waals surface area contributed by atoms with Crippen molar-refractivity contribution in [2.24, 2.45) is 11.5 Å². The molecule has 2 amide bonds. The van der Waals surface area contributed by atoms with Gasteiger partial charge in [0, 0.05) is 60.9 Å². The molecule has 3 fully saturated rings. The molecular formula is C81H89B3Br2Cl5N17O14. The largest absolute Gasteiger partial charge is 0.508 e. The average Bonchev–Trinajstić information content (AvgIpc) is 1.60. The van der Waals surface area contributed by atoms with Gasteiger partial charge in [-0.25, -0.2) is 49.3 Å². The summed E-state index contributed by atoms with van der Waals surface area (Å²) in [4.78, 5) is 91.1. The fraction of sp³-hybridized carbons (Fsp3) is 0.296. The van der Waals surface area contributed by atoms with Crippen LogP contribution in [0.1, 0.15) is 142 Å². The number of nitrogens with zero attached hydrogens (tertiary/aromatic N) is 10. The molecule has 31 nitrogen and oxygen atoms in total. The van der Waals surface area contributed by atoms with Gasteiger partial charge in [-0.1, -0.05) is 103 Å². The number of benzene rings is 3. The van der Waals surface area contributed by atoms with E-state index in [2.05, 4.69) is 108 Å². The monoisotopic (exact) mass is 1890 g/mol. The maximum atomic E-state index is 11.7. The van der Waals surface area contributed by atoms with E-state index in [1.54, 1.807) is 126 Å². The lowest BCUT2D eigenvalue weighted by Gasteiger charge is -2.32. The first kappa shape index (κ1) is 104. The van der Waals surface area contributed by atoms with Crippen molar-refractivity contribution in [1.82, 2.24) is 29.9 Å². The van der Waals surface area contributed by atoms with Crippen molar-refractivity contribution in [3.63, 3.8) is 0 Å². The van der Waals surface area contributed by atoms with Crippen LogP contribution in [0.4, 0.5) is 51.8 Å². The van der Waals surface area contributed by atoms with Crippen LogP contribution in [0.15, 0.2) is 136 Å². The molecule has 0 spiro atoms. The minimum atomic E-state index is -0.633. The van der Waals surface area contributed by atoms with Gasteiger partial charge >= 0.3 is 21.1 Å². The Morgan fingerprint density at radius 3 is 1.07 bits per heavy atom. The van der Waals surface area contributed by atoms with E-state index in [-0.39, 0.29) is 51.5 Å². The summed E-state index contributed by atoms with van der Waals surface area (Å²) in [5, 5.41) is 24.2. The Bertz CT molecular complexity index is 5250.